The zero-order valence-corrected chi connectivity index (χ0v) is 13.6. The summed E-state index contributed by atoms with van der Waals surface area (Å²) in [4.78, 5) is 14.2. The van der Waals surface area contributed by atoms with E-state index in [9.17, 15) is 31.1 Å². The summed E-state index contributed by atoms with van der Waals surface area (Å²) in [6, 6.07) is 1.02. The summed E-state index contributed by atoms with van der Waals surface area (Å²) in [7, 11) is 0. The lowest BCUT2D eigenvalue weighted by Gasteiger charge is -2.13. The Bertz CT molecular complexity index is 760. The Morgan fingerprint density at radius 3 is 1.96 bits per heavy atom. The van der Waals surface area contributed by atoms with Crippen LogP contribution in [0.5, 0.6) is 0 Å². The Labute approximate surface area is 144 Å². The largest absolute Gasteiger partial charge is 0.416 e. The second-order valence-electron chi connectivity index (χ2n) is 4.56. The van der Waals surface area contributed by atoms with Crippen molar-refractivity contribution in [1.82, 2.24) is 14.8 Å². The van der Waals surface area contributed by atoms with Gasteiger partial charge in [0.15, 0.2) is 5.82 Å². The third-order valence-electron chi connectivity index (χ3n) is 2.75. The van der Waals surface area contributed by atoms with Crippen LogP contribution in [-0.4, -0.2) is 20.7 Å². The Hall–Kier alpha value is -2.85. The van der Waals surface area contributed by atoms with Gasteiger partial charge in [0.25, 0.3) is 0 Å². The Morgan fingerprint density at radius 1 is 1.04 bits per heavy atom. The average molecular weight is 380 g/mol. The molecule has 26 heavy (non-hydrogen) atoms. The van der Waals surface area contributed by atoms with E-state index in [0.717, 1.165) is 23.3 Å². The molecule has 2 aromatic rings. The molecule has 0 atom stereocenters. The number of halogens is 6. The molecular weight excluding hydrogens is 366 g/mol. The van der Waals surface area contributed by atoms with Crippen LogP contribution in [0.4, 0.5) is 26.3 Å². The van der Waals surface area contributed by atoms with E-state index in [4.69, 9.17) is 5.73 Å². The van der Waals surface area contributed by atoms with Crippen LogP contribution >= 0.6 is 0 Å². The molecule has 0 aliphatic heterocycles. The first-order valence-electron chi connectivity index (χ1n) is 7.15. The molecule has 0 unspecified atom stereocenters. The first-order chi connectivity index (χ1) is 12.0. The zero-order chi connectivity index (χ0) is 20.1. The monoisotopic (exact) mass is 380 g/mol. The summed E-state index contributed by atoms with van der Waals surface area (Å²) in [5, 5.41) is 3.68. The number of aromatic nitrogens is 3. The first-order valence-corrected chi connectivity index (χ1v) is 7.15. The number of carbonyl (C=O) groups is 1. The fourth-order valence-electron chi connectivity index (χ4n) is 1.71. The number of hydrogen-bond acceptors (Lipinski definition) is 3. The van der Waals surface area contributed by atoms with Crippen LogP contribution in [0, 0.1) is 0 Å². The predicted octanol–water partition coefficient (Wildman–Crippen LogP) is 3.96. The molecule has 142 valence electrons. The van der Waals surface area contributed by atoms with Gasteiger partial charge in [-0.05, 0) is 18.2 Å². The van der Waals surface area contributed by atoms with Crippen molar-refractivity contribution in [1.29, 1.82) is 0 Å². The van der Waals surface area contributed by atoms with Crippen LogP contribution in [0.2, 0.25) is 0 Å². The topological polar surface area (TPSA) is 73.8 Å². The van der Waals surface area contributed by atoms with E-state index in [1.807, 2.05) is 13.8 Å². The Balaban J connectivity index is 0.00000163. The van der Waals surface area contributed by atoms with Crippen molar-refractivity contribution >= 4 is 12.1 Å². The normalized spacial score (nSPS) is 12.0. The molecule has 11 heteroatoms. The van der Waals surface area contributed by atoms with Gasteiger partial charge in [0, 0.05) is 17.8 Å². The van der Waals surface area contributed by atoms with Crippen LogP contribution in [0.15, 0.2) is 30.6 Å². The second kappa shape index (κ2) is 8.02. The van der Waals surface area contributed by atoms with Gasteiger partial charge in [-0.1, -0.05) is 13.8 Å². The summed E-state index contributed by atoms with van der Waals surface area (Å²) >= 11 is 0. The molecule has 0 radical (unpaired) electrons. The summed E-state index contributed by atoms with van der Waals surface area (Å²) in [6.45, 7) is 4.00. The highest BCUT2D eigenvalue weighted by molar-refractivity contribution is 5.88. The van der Waals surface area contributed by atoms with E-state index >= 15 is 0 Å². The van der Waals surface area contributed by atoms with Crippen LogP contribution in [0.3, 0.4) is 0 Å². The van der Waals surface area contributed by atoms with E-state index in [1.54, 1.807) is 0 Å². The SMILES string of the molecule is CC.NC(=O)/C=C\n1cnc(-c2cc(C(F)(F)F)cc(C(F)(F)F)c2)n1. The molecule has 0 aliphatic carbocycles. The van der Waals surface area contributed by atoms with Crippen molar-refractivity contribution in [2.45, 2.75) is 26.2 Å². The molecular formula is C15H14F6N4O. The number of carbonyl (C=O) groups excluding carboxylic acids is 1. The van der Waals surface area contributed by atoms with Crippen molar-refractivity contribution in [3.63, 3.8) is 0 Å². The van der Waals surface area contributed by atoms with Crippen molar-refractivity contribution < 1.29 is 31.1 Å². The molecule has 1 heterocycles. The average Bonchev–Trinajstić information content (AvgIpc) is 3.02. The van der Waals surface area contributed by atoms with Gasteiger partial charge in [0.05, 0.1) is 11.1 Å². The van der Waals surface area contributed by atoms with Crippen molar-refractivity contribution in [2.75, 3.05) is 0 Å². The smallest absolute Gasteiger partial charge is 0.366 e. The predicted molar refractivity (Wildman–Crippen MR) is 81.3 cm³/mol. The first kappa shape index (κ1) is 21.2. The van der Waals surface area contributed by atoms with E-state index in [2.05, 4.69) is 10.1 Å². The fraction of sp³-hybridized carbons (Fsp3) is 0.267. The lowest BCUT2D eigenvalue weighted by Crippen LogP contribution is -2.11. The number of alkyl halides is 6. The summed E-state index contributed by atoms with van der Waals surface area (Å²) < 4.78 is 77.7. The molecule has 0 saturated heterocycles. The second-order valence-corrected chi connectivity index (χ2v) is 4.56. The molecule has 1 aromatic carbocycles. The van der Waals surface area contributed by atoms with Gasteiger partial charge in [0.2, 0.25) is 5.91 Å². The fourth-order valence-corrected chi connectivity index (χ4v) is 1.71. The highest BCUT2D eigenvalue weighted by atomic mass is 19.4. The van der Waals surface area contributed by atoms with E-state index in [-0.39, 0.29) is 11.9 Å². The summed E-state index contributed by atoms with van der Waals surface area (Å²) in [6.07, 6.45) is -6.99. The molecule has 0 fully saturated rings. The molecule has 1 aromatic heterocycles. The maximum absolute atomic E-state index is 12.8. The number of primary amides is 1. The number of nitrogens with zero attached hydrogens (tertiary/aromatic N) is 3. The van der Waals surface area contributed by atoms with Gasteiger partial charge < -0.3 is 5.73 Å². The van der Waals surface area contributed by atoms with Crippen LogP contribution in [0.25, 0.3) is 17.6 Å². The third kappa shape index (κ3) is 5.60. The van der Waals surface area contributed by atoms with Crippen molar-refractivity contribution in [3.8, 4) is 11.4 Å². The molecule has 0 aliphatic rings. The van der Waals surface area contributed by atoms with Gasteiger partial charge in [-0.25, -0.2) is 9.67 Å². The van der Waals surface area contributed by atoms with Gasteiger partial charge in [-0.15, -0.1) is 5.10 Å². The van der Waals surface area contributed by atoms with Gasteiger partial charge in [0.1, 0.15) is 6.33 Å². The minimum atomic E-state index is -4.97. The highest BCUT2D eigenvalue weighted by Crippen LogP contribution is 2.37. The summed E-state index contributed by atoms with van der Waals surface area (Å²) in [5.41, 5.74) is 1.44. The summed E-state index contributed by atoms with van der Waals surface area (Å²) in [5.74, 6) is -1.19. The molecule has 0 bridgehead atoms. The van der Waals surface area contributed by atoms with Crippen molar-refractivity contribution in [3.05, 3.63) is 41.7 Å². The minimum absolute atomic E-state index is 0.00743. The maximum atomic E-state index is 12.8. The molecule has 5 nitrogen and oxygen atoms in total. The van der Waals surface area contributed by atoms with E-state index < -0.39 is 35.0 Å². The van der Waals surface area contributed by atoms with Crippen LogP contribution in [-0.2, 0) is 17.1 Å². The van der Waals surface area contributed by atoms with E-state index in [0.29, 0.717) is 12.1 Å². The minimum Gasteiger partial charge on any atom is -0.366 e. The standard InChI is InChI=1S/C13H8F6N4O.C2H6/c14-12(15,16)8-3-7(4-9(5-8)13(17,18)19)11-21-6-23(22-11)2-1-10(20)24;1-2/h1-6H,(H2,20,24);1-2H3/b2-1-;. The number of hydrogen-bond donors (Lipinski definition) is 1. The molecule has 2 rings (SSSR count). The van der Waals surface area contributed by atoms with Crippen molar-refractivity contribution in [2.24, 2.45) is 5.73 Å². The molecule has 0 spiro atoms. The molecule has 2 N–H and O–H groups in total. The Kier molecular flexibility index (Phi) is 6.54. The quantitative estimate of drug-likeness (QED) is 0.647. The lowest BCUT2D eigenvalue weighted by molar-refractivity contribution is -0.143. The number of benzene rings is 1. The number of amides is 1. The lowest BCUT2D eigenvalue weighted by atomic mass is 10.0. The van der Waals surface area contributed by atoms with Gasteiger partial charge >= 0.3 is 12.4 Å². The molecule has 0 saturated carbocycles. The number of rotatable bonds is 3. The van der Waals surface area contributed by atoms with Crippen LogP contribution in [0.1, 0.15) is 25.0 Å². The zero-order valence-electron chi connectivity index (χ0n) is 13.6. The maximum Gasteiger partial charge on any atom is 0.416 e. The van der Waals surface area contributed by atoms with Gasteiger partial charge in [-0.3, -0.25) is 4.79 Å². The Morgan fingerprint density at radius 2 is 1.54 bits per heavy atom. The van der Waals surface area contributed by atoms with Gasteiger partial charge in [-0.2, -0.15) is 26.3 Å². The molecule has 1 amide bonds. The number of nitrogens with two attached hydrogens (primary N) is 1. The highest BCUT2D eigenvalue weighted by Gasteiger charge is 2.37. The third-order valence-corrected chi connectivity index (χ3v) is 2.75. The van der Waals surface area contributed by atoms with Crippen LogP contribution < -0.4 is 5.73 Å². The van der Waals surface area contributed by atoms with E-state index in [1.165, 1.54) is 0 Å².